The molecule has 0 saturated heterocycles. The third-order valence-electron chi connectivity index (χ3n) is 3.09. The summed E-state index contributed by atoms with van der Waals surface area (Å²) in [6.45, 7) is 1.93. The molecule has 1 aromatic heterocycles. The van der Waals surface area contributed by atoms with Crippen molar-refractivity contribution in [1.82, 2.24) is 9.78 Å². The van der Waals surface area contributed by atoms with Gasteiger partial charge in [-0.05, 0) is 18.6 Å². The molecule has 1 heterocycles. The van der Waals surface area contributed by atoms with Gasteiger partial charge >= 0.3 is 0 Å². The predicted molar refractivity (Wildman–Crippen MR) is 78.2 cm³/mol. The number of hydrogen-bond donors (Lipinski definition) is 1. The van der Waals surface area contributed by atoms with Crippen LogP contribution in [0.15, 0.2) is 24.4 Å². The molecule has 0 aliphatic rings. The lowest BCUT2D eigenvalue weighted by Gasteiger charge is -2.11. The zero-order chi connectivity index (χ0) is 15.4. The Morgan fingerprint density at radius 1 is 1.52 bits per heavy atom. The number of methoxy groups -OCH3 is 1. The molecule has 6 heteroatoms. The average Bonchev–Trinajstić information content (AvgIpc) is 2.88. The summed E-state index contributed by atoms with van der Waals surface area (Å²) in [5.74, 6) is 0.144. The van der Waals surface area contributed by atoms with Crippen LogP contribution in [0.4, 0.5) is 5.69 Å². The lowest BCUT2D eigenvalue weighted by molar-refractivity contribution is 0.102. The van der Waals surface area contributed by atoms with E-state index in [1.807, 2.05) is 13.0 Å². The highest BCUT2D eigenvalue weighted by molar-refractivity contribution is 6.06. The van der Waals surface area contributed by atoms with Crippen molar-refractivity contribution < 1.29 is 9.53 Å². The summed E-state index contributed by atoms with van der Waals surface area (Å²) in [6.07, 6.45) is 2.32. The standard InChI is InChI=1S/C15H16N4O2/c1-4-12-11(9-19(2)18-12)15(20)17-14-10(8-16)6-5-7-13(14)21-3/h5-7,9H,4H2,1-3H3,(H,17,20). The molecule has 0 aliphatic heterocycles. The van der Waals surface area contributed by atoms with E-state index in [-0.39, 0.29) is 5.91 Å². The highest BCUT2D eigenvalue weighted by Crippen LogP contribution is 2.28. The first-order valence-corrected chi connectivity index (χ1v) is 6.51. The van der Waals surface area contributed by atoms with Gasteiger partial charge in [0, 0.05) is 13.2 Å². The molecule has 1 N–H and O–H groups in total. The highest BCUT2D eigenvalue weighted by atomic mass is 16.5. The highest BCUT2D eigenvalue weighted by Gasteiger charge is 2.18. The normalized spacial score (nSPS) is 10.0. The van der Waals surface area contributed by atoms with Crippen LogP contribution in [0.1, 0.15) is 28.5 Å². The van der Waals surface area contributed by atoms with Crippen molar-refractivity contribution >= 4 is 11.6 Å². The number of para-hydroxylation sites is 1. The lowest BCUT2D eigenvalue weighted by Crippen LogP contribution is -2.14. The number of ether oxygens (including phenoxy) is 1. The molecule has 21 heavy (non-hydrogen) atoms. The summed E-state index contributed by atoms with van der Waals surface area (Å²) in [5.41, 5.74) is 1.93. The molecule has 0 bridgehead atoms. The van der Waals surface area contributed by atoms with Gasteiger partial charge in [-0.25, -0.2) is 0 Å². The average molecular weight is 284 g/mol. The van der Waals surface area contributed by atoms with Crippen LogP contribution < -0.4 is 10.1 Å². The summed E-state index contributed by atoms with van der Waals surface area (Å²) in [7, 11) is 3.26. The van der Waals surface area contributed by atoms with E-state index in [2.05, 4.69) is 10.4 Å². The quantitative estimate of drug-likeness (QED) is 0.932. The van der Waals surface area contributed by atoms with Crippen LogP contribution in [0.5, 0.6) is 5.75 Å². The van der Waals surface area contributed by atoms with Gasteiger partial charge < -0.3 is 10.1 Å². The molecule has 0 atom stereocenters. The molecule has 0 aliphatic carbocycles. The van der Waals surface area contributed by atoms with E-state index in [0.29, 0.717) is 34.7 Å². The fourth-order valence-corrected chi connectivity index (χ4v) is 2.09. The number of rotatable bonds is 4. The maximum atomic E-state index is 12.4. The minimum absolute atomic E-state index is 0.305. The fraction of sp³-hybridized carbons (Fsp3) is 0.267. The first-order valence-electron chi connectivity index (χ1n) is 6.51. The van der Waals surface area contributed by atoms with E-state index in [9.17, 15) is 4.79 Å². The number of benzene rings is 1. The van der Waals surface area contributed by atoms with Crippen LogP contribution in [-0.4, -0.2) is 22.8 Å². The Hall–Kier alpha value is -2.81. The number of aryl methyl sites for hydroxylation is 2. The van der Waals surface area contributed by atoms with Gasteiger partial charge in [-0.3, -0.25) is 9.48 Å². The number of carbonyl (C=O) groups excluding carboxylic acids is 1. The van der Waals surface area contributed by atoms with Crippen LogP contribution in [0.25, 0.3) is 0 Å². The molecule has 0 saturated carbocycles. The van der Waals surface area contributed by atoms with Gasteiger partial charge in [0.25, 0.3) is 5.91 Å². The SMILES string of the molecule is CCc1nn(C)cc1C(=O)Nc1c(C#N)cccc1OC. The van der Waals surface area contributed by atoms with Crippen molar-refractivity contribution in [2.24, 2.45) is 7.05 Å². The van der Waals surface area contributed by atoms with Crippen LogP contribution in [0, 0.1) is 11.3 Å². The Morgan fingerprint density at radius 2 is 2.29 bits per heavy atom. The van der Waals surface area contributed by atoms with Crippen molar-refractivity contribution in [3.05, 3.63) is 41.2 Å². The Balaban J connectivity index is 2.38. The zero-order valence-corrected chi connectivity index (χ0v) is 12.2. The van der Waals surface area contributed by atoms with E-state index >= 15 is 0 Å². The number of hydrogen-bond acceptors (Lipinski definition) is 4. The van der Waals surface area contributed by atoms with Crippen molar-refractivity contribution in [3.8, 4) is 11.8 Å². The third-order valence-corrected chi connectivity index (χ3v) is 3.09. The predicted octanol–water partition coefficient (Wildman–Crippen LogP) is 2.12. The number of nitrogens with zero attached hydrogens (tertiary/aromatic N) is 3. The molecule has 1 aromatic carbocycles. The van der Waals surface area contributed by atoms with E-state index in [1.54, 1.807) is 36.1 Å². The Labute approximate surface area is 123 Å². The van der Waals surface area contributed by atoms with E-state index in [4.69, 9.17) is 10.00 Å². The minimum atomic E-state index is -0.305. The van der Waals surface area contributed by atoms with E-state index < -0.39 is 0 Å². The van der Waals surface area contributed by atoms with Gasteiger partial charge in [-0.2, -0.15) is 10.4 Å². The topological polar surface area (TPSA) is 79.9 Å². The van der Waals surface area contributed by atoms with E-state index in [1.165, 1.54) is 7.11 Å². The maximum absolute atomic E-state index is 12.4. The Bertz CT molecular complexity index is 713. The number of aromatic nitrogens is 2. The molecule has 2 rings (SSSR count). The number of nitriles is 1. The number of nitrogens with one attached hydrogen (secondary N) is 1. The first-order chi connectivity index (χ1) is 10.1. The maximum Gasteiger partial charge on any atom is 0.259 e. The van der Waals surface area contributed by atoms with Gasteiger partial charge in [0.15, 0.2) is 0 Å². The Morgan fingerprint density at radius 3 is 2.90 bits per heavy atom. The second-order valence-corrected chi connectivity index (χ2v) is 4.47. The molecule has 0 spiro atoms. The lowest BCUT2D eigenvalue weighted by atomic mass is 10.1. The number of anilines is 1. The molecule has 0 fully saturated rings. The molecule has 6 nitrogen and oxygen atoms in total. The summed E-state index contributed by atoms with van der Waals surface area (Å²) in [6, 6.07) is 7.07. The smallest absolute Gasteiger partial charge is 0.259 e. The first kappa shape index (κ1) is 14.6. The second-order valence-electron chi connectivity index (χ2n) is 4.47. The van der Waals surface area contributed by atoms with Crippen LogP contribution in [0.3, 0.4) is 0 Å². The van der Waals surface area contributed by atoms with Gasteiger partial charge in [0.2, 0.25) is 0 Å². The molecular formula is C15H16N4O2. The van der Waals surface area contributed by atoms with Crippen molar-refractivity contribution in [2.75, 3.05) is 12.4 Å². The monoisotopic (exact) mass is 284 g/mol. The van der Waals surface area contributed by atoms with Gasteiger partial charge in [-0.1, -0.05) is 13.0 Å². The van der Waals surface area contributed by atoms with Gasteiger partial charge in [0.1, 0.15) is 17.5 Å². The van der Waals surface area contributed by atoms with Crippen LogP contribution in [-0.2, 0) is 13.5 Å². The molecule has 1 amide bonds. The van der Waals surface area contributed by atoms with Gasteiger partial charge in [0.05, 0.1) is 23.9 Å². The number of amides is 1. The molecule has 0 radical (unpaired) electrons. The van der Waals surface area contributed by atoms with E-state index in [0.717, 1.165) is 0 Å². The van der Waals surface area contributed by atoms with Gasteiger partial charge in [-0.15, -0.1) is 0 Å². The molecule has 108 valence electrons. The summed E-state index contributed by atoms with van der Waals surface area (Å²) in [4.78, 5) is 12.4. The molecule has 2 aromatic rings. The van der Waals surface area contributed by atoms with Crippen molar-refractivity contribution in [1.29, 1.82) is 5.26 Å². The largest absolute Gasteiger partial charge is 0.495 e. The minimum Gasteiger partial charge on any atom is -0.495 e. The third kappa shape index (κ3) is 2.87. The number of carbonyl (C=O) groups is 1. The van der Waals surface area contributed by atoms with Crippen molar-refractivity contribution in [2.45, 2.75) is 13.3 Å². The summed E-state index contributed by atoms with van der Waals surface area (Å²) >= 11 is 0. The van der Waals surface area contributed by atoms with Crippen molar-refractivity contribution in [3.63, 3.8) is 0 Å². The Kier molecular flexibility index (Phi) is 4.24. The molecule has 0 unspecified atom stereocenters. The fourth-order valence-electron chi connectivity index (χ4n) is 2.09. The second kappa shape index (κ2) is 6.09. The van der Waals surface area contributed by atoms with Crippen LogP contribution in [0.2, 0.25) is 0 Å². The van der Waals surface area contributed by atoms with Crippen LogP contribution >= 0.6 is 0 Å². The molecular weight excluding hydrogens is 268 g/mol. The zero-order valence-electron chi connectivity index (χ0n) is 12.2. The summed E-state index contributed by atoms with van der Waals surface area (Å²) < 4.78 is 6.80. The summed E-state index contributed by atoms with van der Waals surface area (Å²) in [5, 5.41) is 16.1.